The number of nitrogens with zero attached hydrogens (tertiary/aromatic N) is 1. The summed E-state index contributed by atoms with van der Waals surface area (Å²) in [4.78, 5) is 107. The van der Waals surface area contributed by atoms with Crippen LogP contribution in [-0.4, -0.2) is 116 Å². The van der Waals surface area contributed by atoms with Crippen molar-refractivity contribution in [3.8, 4) is 0 Å². The molecule has 0 radical (unpaired) electrons. The second-order valence-corrected chi connectivity index (χ2v) is 14.6. The van der Waals surface area contributed by atoms with Gasteiger partial charge in [-0.15, -0.1) is 0 Å². The van der Waals surface area contributed by atoms with Gasteiger partial charge >= 0.3 is 186 Å². The Morgan fingerprint density at radius 3 is 1.72 bits per heavy atom. The number of aromatic nitrogens is 1. The number of carboxylic acids is 4. The van der Waals surface area contributed by atoms with Gasteiger partial charge in [0.15, 0.2) is 0 Å². The van der Waals surface area contributed by atoms with Gasteiger partial charge in [0.25, 0.3) is 5.91 Å². The fourth-order valence-electron chi connectivity index (χ4n) is 4.88. The maximum Gasteiger partial charge on any atom is 1.00 e. The van der Waals surface area contributed by atoms with Gasteiger partial charge in [-0.1, -0.05) is 24.4 Å². The van der Waals surface area contributed by atoms with Crippen LogP contribution in [0.2, 0.25) is 5.02 Å². The minimum absolute atomic E-state index is 0. The van der Waals surface area contributed by atoms with Crippen LogP contribution in [0.25, 0.3) is 0 Å². The summed E-state index contributed by atoms with van der Waals surface area (Å²) in [7, 11) is -4.73. The van der Waals surface area contributed by atoms with Crippen LogP contribution in [0.3, 0.4) is 0 Å². The fourth-order valence-corrected chi connectivity index (χ4v) is 6.14. The predicted molar refractivity (Wildman–Crippen MR) is 196 cm³/mol. The monoisotopic (exact) mass is 970 g/mol. The molecular formula is C33H49ClFK3N6O15P+3. The van der Waals surface area contributed by atoms with Gasteiger partial charge in [0.2, 0.25) is 23.7 Å². The molecule has 0 fully saturated rings. The molecule has 1 rings (SSSR count). The van der Waals surface area contributed by atoms with Gasteiger partial charge in [0.05, 0.1) is 17.2 Å². The zero-order valence-electron chi connectivity index (χ0n) is 33.9. The summed E-state index contributed by atoms with van der Waals surface area (Å²) in [5.41, 5.74) is 0.130. The maximum absolute atomic E-state index is 13.1. The number of nitrogens with one attached hydrogen (secondary N) is 5. The van der Waals surface area contributed by atoms with E-state index in [1.165, 1.54) is 6.07 Å². The number of rotatable bonds is 31. The van der Waals surface area contributed by atoms with Crippen LogP contribution in [0, 0.1) is 5.95 Å². The molecule has 0 spiro atoms. The van der Waals surface area contributed by atoms with E-state index in [1.807, 2.05) is 5.09 Å². The van der Waals surface area contributed by atoms with Crippen molar-refractivity contribution in [1.82, 2.24) is 31.3 Å². The molecule has 1 aromatic heterocycles. The van der Waals surface area contributed by atoms with E-state index in [-0.39, 0.29) is 203 Å². The number of hydrogen-bond donors (Lipinski definition) is 10. The molecule has 27 heteroatoms. The Morgan fingerprint density at radius 2 is 1.18 bits per heavy atom. The summed E-state index contributed by atoms with van der Waals surface area (Å²) in [5.74, 6) is -8.72. The third-order valence-corrected chi connectivity index (χ3v) is 9.36. The second kappa shape index (κ2) is 36.4. The quantitative estimate of drug-likeness (QED) is 0.0143. The SMILES string of the molecule is O=C(O)CC[C@H](NP(=O)(O)OCCC[C@H](NC(=O)CC[C@H](NC(=O)CCCCCNC(=O)CCCCCNC(=O)c1cnc([18F])c(Cl)c1)C(=O)O)C(=O)O)C(=O)O.[K+].[K+].[K+]. The molecule has 0 aliphatic carbocycles. The zero-order chi connectivity index (χ0) is 43.0. The normalized spacial score (nSPS) is 12.9. The van der Waals surface area contributed by atoms with Gasteiger partial charge in [-0.3, -0.25) is 33.3 Å². The summed E-state index contributed by atoms with van der Waals surface area (Å²) >= 11 is 5.62. The van der Waals surface area contributed by atoms with E-state index in [4.69, 9.17) is 26.3 Å². The van der Waals surface area contributed by atoms with E-state index < -0.39 is 99.3 Å². The smallest absolute Gasteiger partial charge is 0.481 e. The van der Waals surface area contributed by atoms with E-state index >= 15 is 0 Å². The van der Waals surface area contributed by atoms with Crippen LogP contribution in [0.15, 0.2) is 12.3 Å². The average Bonchev–Trinajstić information content (AvgIpc) is 3.13. The van der Waals surface area contributed by atoms with Crippen LogP contribution in [-0.2, 0) is 42.7 Å². The first-order chi connectivity index (χ1) is 26.8. The summed E-state index contributed by atoms with van der Waals surface area (Å²) in [5, 5.41) is 48.2. The van der Waals surface area contributed by atoms with E-state index in [0.29, 0.717) is 51.6 Å². The number of halogens is 2. The van der Waals surface area contributed by atoms with Crippen molar-refractivity contribution in [3.63, 3.8) is 0 Å². The molecule has 1 unspecified atom stereocenters. The van der Waals surface area contributed by atoms with Crippen LogP contribution in [0.5, 0.6) is 0 Å². The number of aliphatic carboxylic acids is 4. The molecule has 0 bridgehead atoms. The number of unbranched alkanes of at least 4 members (excludes halogenated alkanes) is 4. The van der Waals surface area contributed by atoms with Gasteiger partial charge < -0.3 is 46.6 Å². The molecule has 0 saturated heterocycles. The zero-order valence-corrected chi connectivity index (χ0v) is 44.9. The van der Waals surface area contributed by atoms with Crippen molar-refractivity contribution >= 4 is 66.9 Å². The van der Waals surface area contributed by atoms with Crippen molar-refractivity contribution in [2.45, 2.75) is 108 Å². The van der Waals surface area contributed by atoms with Crippen molar-refractivity contribution in [2.75, 3.05) is 19.7 Å². The largest absolute Gasteiger partial charge is 1.00 e. The molecule has 320 valence electrons. The third kappa shape index (κ3) is 31.1. The number of amides is 4. The van der Waals surface area contributed by atoms with Crippen LogP contribution in [0.4, 0.5) is 4.39 Å². The van der Waals surface area contributed by atoms with Crippen LogP contribution < -0.4 is 181 Å². The Bertz CT molecular complexity index is 1620. The van der Waals surface area contributed by atoms with Crippen molar-refractivity contribution in [3.05, 3.63) is 28.8 Å². The molecule has 1 aromatic rings. The van der Waals surface area contributed by atoms with Crippen molar-refractivity contribution < 1.29 is 231 Å². The fraction of sp³-hybridized carbons (Fsp3) is 0.606. The molecule has 0 aromatic carbocycles. The molecule has 10 N–H and O–H groups in total. The first-order valence-corrected chi connectivity index (χ1v) is 19.9. The number of carbonyl (C=O) groups excluding carboxylic acids is 4. The predicted octanol–water partition coefficient (Wildman–Crippen LogP) is -7.42. The molecule has 4 atom stereocenters. The topological polar surface area (TPSA) is 337 Å². The first kappa shape index (κ1) is 64.4. The molecule has 0 saturated carbocycles. The minimum atomic E-state index is -4.73. The Labute approximate surface area is 478 Å². The Morgan fingerprint density at radius 1 is 0.683 bits per heavy atom. The minimum Gasteiger partial charge on any atom is -0.481 e. The number of carboxylic acid groups (broad SMARTS) is 4. The number of hydrogen-bond acceptors (Lipinski definition) is 11. The molecule has 0 aliphatic rings. The van der Waals surface area contributed by atoms with Gasteiger partial charge in [-0.05, 0) is 57.4 Å². The van der Waals surface area contributed by atoms with E-state index in [0.717, 1.165) is 6.20 Å². The van der Waals surface area contributed by atoms with Crippen LogP contribution >= 0.6 is 19.3 Å². The molecule has 0 aliphatic heterocycles. The van der Waals surface area contributed by atoms with E-state index in [9.17, 15) is 62.4 Å². The maximum atomic E-state index is 13.1. The van der Waals surface area contributed by atoms with Gasteiger partial charge in [0.1, 0.15) is 18.1 Å². The first-order valence-electron chi connectivity index (χ1n) is 17.9. The number of pyridine rings is 1. The van der Waals surface area contributed by atoms with Gasteiger partial charge in [-0.2, -0.15) is 4.39 Å². The average molecular weight is 972 g/mol. The molecule has 4 amide bonds. The molecular weight excluding hydrogens is 922 g/mol. The van der Waals surface area contributed by atoms with E-state index in [1.54, 1.807) is 0 Å². The third-order valence-electron chi connectivity index (χ3n) is 7.92. The summed E-state index contributed by atoms with van der Waals surface area (Å²) in [6.45, 7) is 0.168. The number of carbonyl (C=O) groups is 8. The standard InChI is InChI=1S/C33H49ClFN6O15P.3K/c34-21-18-20(19-38-29(21)35)30(47)37-16-6-1-3-9-25(42)36-15-5-2-4-10-26(43)40-23(32(50)51)11-13-27(44)39-22(31(48)49)8-7-17-56-57(54,55)41-24(33(52)53)12-14-28(45)46;;;/h18-19,22-24H,1-17H2,(H,36,42)(H,37,47)(H,39,44)(H,40,43)(H,45,46)(H,48,49)(H,50,51)(H,52,53)(H2,41,54,55);;;/q;3*+1/t22-,23-,24-;;;/m0.../s1/i35-1;;;. The Hall–Kier alpha value is 0.149. The van der Waals surface area contributed by atoms with Gasteiger partial charge in [-0.25, -0.2) is 24.2 Å². The molecule has 21 nitrogen and oxygen atoms in total. The van der Waals surface area contributed by atoms with Crippen molar-refractivity contribution in [2.24, 2.45) is 0 Å². The molecule has 1 heterocycles. The Kier molecular flexibility index (Phi) is 39.1. The van der Waals surface area contributed by atoms with Crippen molar-refractivity contribution in [1.29, 1.82) is 0 Å². The Balaban J connectivity index is -0.0000108. The van der Waals surface area contributed by atoms with E-state index in [2.05, 4.69) is 26.3 Å². The summed E-state index contributed by atoms with van der Waals surface area (Å²) in [6, 6.07) is -3.48. The second-order valence-electron chi connectivity index (χ2n) is 12.6. The summed E-state index contributed by atoms with van der Waals surface area (Å²) in [6.07, 6.45) is 2.24. The van der Waals surface area contributed by atoms with Crippen LogP contribution in [0.1, 0.15) is 100 Å². The van der Waals surface area contributed by atoms with Gasteiger partial charge in [0, 0.05) is 45.0 Å². The summed E-state index contributed by atoms with van der Waals surface area (Å²) < 4.78 is 30.0. The molecule has 60 heavy (non-hydrogen) atoms.